The highest BCUT2D eigenvalue weighted by Crippen LogP contribution is 2.34. The molecule has 0 aliphatic carbocycles. The second kappa shape index (κ2) is 4.92. The van der Waals surface area contributed by atoms with Crippen molar-refractivity contribution in [1.29, 1.82) is 0 Å². The lowest BCUT2D eigenvalue weighted by Gasteiger charge is -2.12. The molecule has 0 saturated carbocycles. The van der Waals surface area contributed by atoms with Crippen molar-refractivity contribution in [1.82, 2.24) is 19.3 Å². The number of rotatable bonds is 1. The lowest BCUT2D eigenvalue weighted by molar-refractivity contribution is 0.774. The molecule has 4 heteroatoms. The Bertz CT molecular complexity index is 1220. The molecule has 6 aromatic rings. The fourth-order valence-corrected chi connectivity index (χ4v) is 4.02. The van der Waals surface area contributed by atoms with Gasteiger partial charge >= 0.3 is 0 Å². The first-order chi connectivity index (χ1) is 12.9. The van der Waals surface area contributed by atoms with Crippen LogP contribution in [0.2, 0.25) is 0 Å². The maximum Gasteiger partial charge on any atom is 0.0747 e. The molecule has 26 heavy (non-hydrogen) atoms. The molecular weight excluding hydrogens is 320 g/mol. The second-order valence-electron chi connectivity index (χ2n) is 6.44. The van der Waals surface area contributed by atoms with Gasteiger partial charge in [0.25, 0.3) is 0 Å². The number of hydrogen-bond donors (Lipinski definition) is 0. The molecule has 6 rings (SSSR count). The predicted octanol–water partition coefficient (Wildman–Crippen LogP) is 5.00. The van der Waals surface area contributed by atoms with Crippen molar-refractivity contribution in [3.05, 3.63) is 85.5 Å². The molecule has 0 aliphatic rings. The number of pyridine rings is 2. The zero-order valence-corrected chi connectivity index (χ0v) is 13.9. The molecule has 4 aromatic heterocycles. The van der Waals surface area contributed by atoms with E-state index in [-0.39, 0.29) is 0 Å². The van der Waals surface area contributed by atoms with Crippen molar-refractivity contribution in [2.75, 3.05) is 0 Å². The van der Waals surface area contributed by atoms with Crippen LogP contribution in [0.25, 0.3) is 43.6 Å². The Morgan fingerprint density at radius 3 is 1.38 bits per heavy atom. The van der Waals surface area contributed by atoms with E-state index in [1.54, 1.807) is 0 Å². The third-order valence-electron chi connectivity index (χ3n) is 5.10. The summed E-state index contributed by atoms with van der Waals surface area (Å²) in [6, 6.07) is 21.1. The average molecular weight is 334 g/mol. The molecule has 0 N–H and O–H groups in total. The highest BCUT2D eigenvalue weighted by molar-refractivity contribution is 6.11. The summed E-state index contributed by atoms with van der Waals surface area (Å²) < 4.78 is 4.58. The van der Waals surface area contributed by atoms with Crippen LogP contribution >= 0.6 is 0 Å². The summed E-state index contributed by atoms with van der Waals surface area (Å²) in [6.45, 7) is 0. The molecule has 122 valence electrons. The van der Waals surface area contributed by atoms with Crippen molar-refractivity contribution in [2.24, 2.45) is 0 Å². The third-order valence-corrected chi connectivity index (χ3v) is 5.10. The topological polar surface area (TPSA) is 35.6 Å². The molecular formula is C22H14N4. The van der Waals surface area contributed by atoms with Crippen molar-refractivity contribution >= 4 is 43.6 Å². The van der Waals surface area contributed by atoms with Gasteiger partial charge in [-0.05, 0) is 24.3 Å². The minimum absolute atomic E-state index is 1.14. The average Bonchev–Trinajstić information content (AvgIpc) is 3.21. The highest BCUT2D eigenvalue weighted by Gasteiger charge is 2.16. The van der Waals surface area contributed by atoms with Gasteiger partial charge in [-0.25, -0.2) is 9.35 Å². The van der Waals surface area contributed by atoms with Gasteiger partial charge in [0, 0.05) is 46.3 Å². The van der Waals surface area contributed by atoms with Gasteiger partial charge in [-0.1, -0.05) is 36.4 Å². The van der Waals surface area contributed by atoms with Crippen LogP contribution in [0.3, 0.4) is 0 Å². The summed E-state index contributed by atoms with van der Waals surface area (Å²) in [5, 5.41) is 4.72. The van der Waals surface area contributed by atoms with Gasteiger partial charge < -0.3 is 0 Å². The van der Waals surface area contributed by atoms with E-state index >= 15 is 0 Å². The minimum Gasteiger partial charge on any atom is -0.264 e. The molecule has 0 atom stereocenters. The van der Waals surface area contributed by atoms with Crippen LogP contribution in [0.4, 0.5) is 0 Å². The molecule has 0 radical (unpaired) electrons. The Hall–Kier alpha value is -3.66. The Kier molecular flexibility index (Phi) is 2.58. The van der Waals surface area contributed by atoms with Crippen LogP contribution in [-0.2, 0) is 0 Å². The van der Waals surface area contributed by atoms with Gasteiger partial charge in [0.1, 0.15) is 0 Å². The van der Waals surface area contributed by atoms with E-state index < -0.39 is 0 Å². The van der Waals surface area contributed by atoms with Crippen LogP contribution in [0, 0.1) is 0 Å². The molecule has 2 aromatic carbocycles. The summed E-state index contributed by atoms with van der Waals surface area (Å²) in [7, 11) is 0. The molecule has 0 fully saturated rings. The lowest BCUT2D eigenvalue weighted by Crippen LogP contribution is -2.08. The molecule has 0 spiro atoms. The number of para-hydroxylation sites is 2. The lowest BCUT2D eigenvalue weighted by atomic mass is 10.2. The maximum absolute atomic E-state index is 4.35. The zero-order valence-electron chi connectivity index (χ0n) is 13.9. The Labute approximate surface area is 148 Å². The van der Waals surface area contributed by atoms with E-state index in [0.29, 0.717) is 0 Å². The van der Waals surface area contributed by atoms with Gasteiger partial charge in [-0.2, -0.15) is 0 Å². The first-order valence-electron chi connectivity index (χ1n) is 8.60. The van der Waals surface area contributed by atoms with E-state index in [4.69, 9.17) is 0 Å². The summed E-state index contributed by atoms with van der Waals surface area (Å²) >= 11 is 0. The van der Waals surface area contributed by atoms with Crippen LogP contribution in [0.1, 0.15) is 0 Å². The zero-order chi connectivity index (χ0) is 17.1. The van der Waals surface area contributed by atoms with Crippen LogP contribution in [-0.4, -0.2) is 19.3 Å². The molecule has 0 bridgehead atoms. The number of fused-ring (bicyclic) bond motifs is 6. The number of benzene rings is 2. The Morgan fingerprint density at radius 2 is 0.885 bits per heavy atom. The standard InChI is InChI=1S/C22H14N4/c1-3-7-19-15(5-1)17-13-23-11-9-21(17)25(19)26-20-8-4-2-6-16(20)18-14-24-12-10-22(18)26/h1-14H. The molecule has 0 aliphatic heterocycles. The first kappa shape index (κ1) is 13.6. The van der Waals surface area contributed by atoms with Crippen molar-refractivity contribution in [3.8, 4) is 0 Å². The van der Waals surface area contributed by atoms with Crippen molar-refractivity contribution in [2.45, 2.75) is 0 Å². The van der Waals surface area contributed by atoms with Crippen molar-refractivity contribution < 1.29 is 0 Å². The SMILES string of the molecule is c1ccc2c(c1)c1cnccc1n2-n1c2ccccc2c2cnccc21. The monoisotopic (exact) mass is 334 g/mol. The molecule has 0 saturated heterocycles. The van der Waals surface area contributed by atoms with Gasteiger partial charge in [-0.15, -0.1) is 0 Å². The van der Waals surface area contributed by atoms with E-state index in [1.165, 1.54) is 10.8 Å². The highest BCUT2D eigenvalue weighted by atomic mass is 15.5. The van der Waals surface area contributed by atoms with Crippen molar-refractivity contribution in [3.63, 3.8) is 0 Å². The smallest absolute Gasteiger partial charge is 0.0747 e. The first-order valence-corrected chi connectivity index (χ1v) is 8.60. The van der Waals surface area contributed by atoms with Crippen LogP contribution in [0.5, 0.6) is 0 Å². The van der Waals surface area contributed by atoms with E-state index in [2.05, 4.69) is 80.0 Å². The minimum atomic E-state index is 1.14. The summed E-state index contributed by atoms with van der Waals surface area (Å²) in [5.41, 5.74) is 4.60. The quantitative estimate of drug-likeness (QED) is 0.424. The third kappa shape index (κ3) is 1.63. The summed E-state index contributed by atoms with van der Waals surface area (Å²) in [6.07, 6.45) is 7.60. The predicted molar refractivity (Wildman–Crippen MR) is 105 cm³/mol. The Morgan fingerprint density at radius 1 is 0.462 bits per heavy atom. The summed E-state index contributed by atoms with van der Waals surface area (Å²) in [5.74, 6) is 0. The molecule has 0 unspecified atom stereocenters. The summed E-state index contributed by atoms with van der Waals surface area (Å²) in [4.78, 5) is 8.70. The maximum atomic E-state index is 4.35. The fraction of sp³-hybridized carbons (Fsp3) is 0. The molecule has 4 nitrogen and oxygen atoms in total. The normalized spacial score (nSPS) is 11.8. The van der Waals surface area contributed by atoms with Crippen LogP contribution < -0.4 is 0 Å². The molecule has 0 amide bonds. The van der Waals surface area contributed by atoms with Gasteiger partial charge in [0.05, 0.1) is 22.1 Å². The number of nitrogens with zero attached hydrogens (tertiary/aromatic N) is 4. The van der Waals surface area contributed by atoms with Gasteiger partial charge in [0.2, 0.25) is 0 Å². The second-order valence-corrected chi connectivity index (χ2v) is 6.44. The fourth-order valence-electron chi connectivity index (χ4n) is 4.02. The van der Waals surface area contributed by atoms with Gasteiger partial charge in [-0.3, -0.25) is 9.97 Å². The van der Waals surface area contributed by atoms with E-state index in [1.807, 2.05) is 24.8 Å². The Balaban J connectivity index is 1.93. The largest absolute Gasteiger partial charge is 0.264 e. The number of aromatic nitrogens is 4. The van der Waals surface area contributed by atoms with Crippen LogP contribution in [0.15, 0.2) is 85.5 Å². The number of hydrogen-bond acceptors (Lipinski definition) is 2. The van der Waals surface area contributed by atoms with E-state index in [9.17, 15) is 0 Å². The molecule has 4 heterocycles. The van der Waals surface area contributed by atoms with E-state index in [0.717, 1.165) is 32.8 Å². The van der Waals surface area contributed by atoms with Gasteiger partial charge in [0.15, 0.2) is 0 Å².